The van der Waals surface area contributed by atoms with Crippen molar-refractivity contribution in [3.05, 3.63) is 84.3 Å². The van der Waals surface area contributed by atoms with Gasteiger partial charge in [0.2, 0.25) is 0 Å². The van der Waals surface area contributed by atoms with Gasteiger partial charge in [0, 0.05) is 12.1 Å². The minimum atomic E-state index is -0.422. The molecule has 0 amide bonds. The number of hydrogen-bond donors (Lipinski definition) is 0. The molecule has 0 aliphatic heterocycles. The summed E-state index contributed by atoms with van der Waals surface area (Å²) in [6, 6.07) is 14.5. The quantitative estimate of drug-likeness (QED) is 0.482. The fourth-order valence-electron chi connectivity index (χ4n) is 3.20. The van der Waals surface area contributed by atoms with Crippen LogP contribution >= 0.6 is 0 Å². The van der Waals surface area contributed by atoms with E-state index in [2.05, 4.69) is 5.10 Å². The van der Waals surface area contributed by atoms with E-state index in [4.69, 9.17) is 4.42 Å². The van der Waals surface area contributed by atoms with E-state index in [1.165, 1.54) is 18.2 Å². The molecule has 28 heavy (non-hydrogen) atoms. The topological polar surface area (TPSA) is 34.2 Å². The molecule has 2 aromatic carbocycles. The summed E-state index contributed by atoms with van der Waals surface area (Å²) in [5.74, 6) is -0.126. The second-order valence-electron chi connectivity index (χ2n) is 6.82. The van der Waals surface area contributed by atoms with Gasteiger partial charge in [0.05, 0.1) is 12.5 Å². The maximum atomic E-state index is 15.0. The van der Waals surface area contributed by atoms with Crippen molar-refractivity contribution >= 4 is 0 Å². The monoisotopic (exact) mass is 379 g/mol. The van der Waals surface area contributed by atoms with Gasteiger partial charge in [0.25, 0.3) is 0 Å². The van der Waals surface area contributed by atoms with E-state index >= 15 is 4.39 Å². The van der Waals surface area contributed by atoms with Crippen molar-refractivity contribution in [1.29, 1.82) is 0 Å². The van der Waals surface area contributed by atoms with Crippen LogP contribution in [0.4, 0.5) is 8.78 Å². The maximum Gasteiger partial charge on any atom is 0.152 e. The molecule has 6 heteroatoms. The van der Waals surface area contributed by atoms with Crippen molar-refractivity contribution in [1.82, 2.24) is 14.7 Å². The molecule has 0 fully saturated rings. The molecule has 4 rings (SSSR count). The standard InChI is InChI=1S/C22H19F2N3O/c1-26(2)14-17-13-25-27(22(17)21-4-3-11-28-21)20-10-7-16(12-19(20)24)15-5-8-18(23)9-6-15/h3-13H,14H2,1-2H3. The van der Waals surface area contributed by atoms with Gasteiger partial charge in [0.15, 0.2) is 5.76 Å². The number of rotatable bonds is 5. The first kappa shape index (κ1) is 18.1. The lowest BCUT2D eigenvalue weighted by Crippen LogP contribution is -2.11. The molecule has 0 unspecified atom stereocenters. The van der Waals surface area contributed by atoms with Gasteiger partial charge in [0.1, 0.15) is 23.0 Å². The third kappa shape index (κ3) is 3.46. The van der Waals surface area contributed by atoms with Crippen LogP contribution in [-0.2, 0) is 6.54 Å². The molecule has 0 radical (unpaired) electrons. The second-order valence-corrected chi connectivity index (χ2v) is 6.82. The van der Waals surface area contributed by atoms with Crippen LogP contribution in [0.3, 0.4) is 0 Å². The van der Waals surface area contributed by atoms with Gasteiger partial charge in [-0.25, -0.2) is 13.5 Å². The Morgan fingerprint density at radius 1 is 1.00 bits per heavy atom. The Labute approximate surface area is 161 Å². The van der Waals surface area contributed by atoms with Crippen LogP contribution < -0.4 is 0 Å². The highest BCUT2D eigenvalue weighted by Gasteiger charge is 2.19. The predicted molar refractivity (Wildman–Crippen MR) is 104 cm³/mol. The van der Waals surface area contributed by atoms with E-state index in [-0.39, 0.29) is 5.82 Å². The average molecular weight is 379 g/mol. The zero-order valence-electron chi connectivity index (χ0n) is 15.6. The van der Waals surface area contributed by atoms with Crippen LogP contribution in [0.5, 0.6) is 0 Å². The van der Waals surface area contributed by atoms with Gasteiger partial charge in [-0.1, -0.05) is 18.2 Å². The van der Waals surface area contributed by atoms with Crippen molar-refractivity contribution in [3.8, 4) is 28.3 Å². The lowest BCUT2D eigenvalue weighted by Gasteiger charge is -2.12. The highest BCUT2D eigenvalue weighted by atomic mass is 19.1. The minimum Gasteiger partial charge on any atom is -0.463 e. The summed E-state index contributed by atoms with van der Waals surface area (Å²) >= 11 is 0. The largest absolute Gasteiger partial charge is 0.463 e. The molecule has 2 heterocycles. The molecule has 0 saturated heterocycles. The Morgan fingerprint density at radius 3 is 2.39 bits per heavy atom. The zero-order valence-corrected chi connectivity index (χ0v) is 15.6. The van der Waals surface area contributed by atoms with Gasteiger partial charge < -0.3 is 9.32 Å². The van der Waals surface area contributed by atoms with Gasteiger partial charge >= 0.3 is 0 Å². The third-order valence-corrected chi connectivity index (χ3v) is 4.44. The Balaban J connectivity index is 1.79. The number of benzene rings is 2. The molecule has 0 aliphatic rings. The molecule has 2 aromatic heterocycles. The fourth-order valence-corrected chi connectivity index (χ4v) is 3.20. The van der Waals surface area contributed by atoms with Crippen LogP contribution in [0, 0.1) is 11.6 Å². The smallest absolute Gasteiger partial charge is 0.152 e. The van der Waals surface area contributed by atoms with Crippen molar-refractivity contribution in [3.63, 3.8) is 0 Å². The van der Waals surface area contributed by atoms with Crippen molar-refractivity contribution < 1.29 is 13.2 Å². The fraction of sp³-hybridized carbons (Fsp3) is 0.136. The predicted octanol–water partition coefficient (Wildman–Crippen LogP) is 5.14. The highest BCUT2D eigenvalue weighted by molar-refractivity contribution is 5.66. The van der Waals surface area contributed by atoms with Crippen molar-refractivity contribution in [2.45, 2.75) is 6.54 Å². The molecular weight excluding hydrogens is 360 g/mol. The SMILES string of the molecule is CN(C)Cc1cnn(-c2ccc(-c3ccc(F)cc3)cc2F)c1-c1ccco1. The second kappa shape index (κ2) is 7.40. The van der Waals surface area contributed by atoms with E-state index in [1.807, 2.05) is 25.1 Å². The maximum absolute atomic E-state index is 15.0. The first-order chi connectivity index (χ1) is 13.5. The summed E-state index contributed by atoms with van der Waals surface area (Å²) in [4.78, 5) is 2.02. The number of nitrogens with zero attached hydrogens (tertiary/aromatic N) is 3. The first-order valence-corrected chi connectivity index (χ1v) is 8.84. The Hall–Kier alpha value is -3.25. The molecule has 0 atom stereocenters. The summed E-state index contributed by atoms with van der Waals surface area (Å²) in [5.41, 5.74) is 3.38. The summed E-state index contributed by atoms with van der Waals surface area (Å²) < 4.78 is 35.3. The molecular formula is C22H19F2N3O. The normalized spacial score (nSPS) is 11.3. The average Bonchev–Trinajstić information content (AvgIpc) is 3.31. The highest BCUT2D eigenvalue weighted by Crippen LogP contribution is 2.30. The number of hydrogen-bond acceptors (Lipinski definition) is 3. The number of furan rings is 1. The van der Waals surface area contributed by atoms with Crippen LogP contribution in [0.15, 0.2) is 71.5 Å². The Bertz CT molecular complexity index is 1080. The number of halogens is 2. The van der Waals surface area contributed by atoms with E-state index in [9.17, 15) is 4.39 Å². The lowest BCUT2D eigenvalue weighted by atomic mass is 10.0. The summed E-state index contributed by atoms with van der Waals surface area (Å²) in [6.07, 6.45) is 3.31. The number of aromatic nitrogens is 2. The molecule has 0 bridgehead atoms. The Morgan fingerprint density at radius 2 is 1.75 bits per heavy atom. The van der Waals surface area contributed by atoms with Crippen LogP contribution in [0.25, 0.3) is 28.3 Å². The lowest BCUT2D eigenvalue weighted by molar-refractivity contribution is 0.402. The zero-order chi connectivity index (χ0) is 19.7. The molecule has 0 saturated carbocycles. The van der Waals surface area contributed by atoms with Gasteiger partial charge in [-0.2, -0.15) is 5.10 Å². The van der Waals surface area contributed by atoms with E-state index in [0.717, 1.165) is 11.1 Å². The third-order valence-electron chi connectivity index (χ3n) is 4.44. The van der Waals surface area contributed by atoms with E-state index < -0.39 is 5.82 Å². The van der Waals surface area contributed by atoms with E-state index in [0.29, 0.717) is 29.2 Å². The minimum absolute atomic E-state index is 0.322. The van der Waals surface area contributed by atoms with Crippen LogP contribution in [0.1, 0.15) is 5.56 Å². The molecule has 4 aromatic rings. The molecule has 0 spiro atoms. The molecule has 0 aliphatic carbocycles. The van der Waals surface area contributed by atoms with Crippen molar-refractivity contribution in [2.24, 2.45) is 0 Å². The Kier molecular flexibility index (Phi) is 4.79. The first-order valence-electron chi connectivity index (χ1n) is 8.84. The van der Waals surface area contributed by atoms with Gasteiger partial charge in [-0.15, -0.1) is 0 Å². The van der Waals surface area contributed by atoms with Gasteiger partial charge in [-0.3, -0.25) is 0 Å². The van der Waals surface area contributed by atoms with Crippen LogP contribution in [-0.4, -0.2) is 28.8 Å². The molecule has 4 nitrogen and oxygen atoms in total. The summed E-state index contributed by atoms with van der Waals surface area (Å²) in [7, 11) is 3.92. The van der Waals surface area contributed by atoms with Gasteiger partial charge in [-0.05, 0) is 61.6 Å². The summed E-state index contributed by atoms with van der Waals surface area (Å²) in [6.45, 7) is 0.644. The van der Waals surface area contributed by atoms with Crippen molar-refractivity contribution in [2.75, 3.05) is 14.1 Å². The van der Waals surface area contributed by atoms with E-state index in [1.54, 1.807) is 47.5 Å². The molecule has 0 N–H and O–H groups in total. The summed E-state index contributed by atoms with van der Waals surface area (Å²) in [5, 5.41) is 4.41. The molecule has 142 valence electrons. The van der Waals surface area contributed by atoms with Crippen LogP contribution in [0.2, 0.25) is 0 Å².